The molecule has 1 aromatic rings. The molecule has 4 nitrogen and oxygen atoms in total. The van der Waals surface area contributed by atoms with Crippen LogP contribution in [0.4, 0.5) is 10.5 Å². The molecule has 2 N–H and O–H groups in total. The van der Waals surface area contributed by atoms with Crippen LogP contribution < -0.4 is 10.6 Å². The molecule has 0 atom stereocenters. The van der Waals surface area contributed by atoms with Crippen molar-refractivity contribution in [2.45, 2.75) is 6.92 Å². The van der Waals surface area contributed by atoms with Gasteiger partial charge in [-0.3, -0.25) is 4.79 Å². The van der Waals surface area contributed by atoms with E-state index >= 15 is 0 Å². The number of halogens is 1. The van der Waals surface area contributed by atoms with Gasteiger partial charge in [0.2, 0.25) is 5.12 Å². The van der Waals surface area contributed by atoms with Crippen molar-refractivity contribution in [2.75, 3.05) is 11.1 Å². The number of nitrogens with one attached hydrogen (secondary N) is 2. The third-order valence-corrected chi connectivity index (χ3v) is 3.63. The first kappa shape index (κ1) is 13.0. The third-order valence-electron chi connectivity index (χ3n) is 2.37. The highest BCUT2D eigenvalue weighted by Gasteiger charge is 2.14. The Balaban J connectivity index is 1.97. The number of carbonyl (C=O) groups excluding carboxylic acids is 2. The van der Waals surface area contributed by atoms with E-state index in [2.05, 4.69) is 10.6 Å². The Hall–Kier alpha value is -1.46. The number of rotatable bonds is 2. The van der Waals surface area contributed by atoms with E-state index in [1.54, 1.807) is 12.1 Å². The first-order valence-corrected chi connectivity index (χ1v) is 6.62. The normalized spacial score (nSPS) is 14.3. The van der Waals surface area contributed by atoms with Crippen LogP contribution in [0, 0.1) is 6.92 Å². The Bertz CT molecular complexity index is 543. The maximum Gasteiger partial charge on any atom is 0.323 e. The number of urea groups is 1. The average Bonchev–Trinajstić information content (AvgIpc) is 2.69. The molecule has 0 spiro atoms. The van der Waals surface area contributed by atoms with Crippen LogP contribution in [0.5, 0.6) is 0 Å². The van der Waals surface area contributed by atoms with Gasteiger partial charge in [0.05, 0.1) is 0 Å². The molecule has 6 heteroatoms. The topological polar surface area (TPSA) is 58.2 Å². The van der Waals surface area contributed by atoms with Gasteiger partial charge in [-0.05, 0) is 24.6 Å². The quantitative estimate of drug-likeness (QED) is 0.877. The van der Waals surface area contributed by atoms with Crippen LogP contribution in [0.1, 0.15) is 5.56 Å². The average molecular weight is 283 g/mol. The zero-order valence-corrected chi connectivity index (χ0v) is 11.2. The largest absolute Gasteiger partial charge is 0.323 e. The zero-order chi connectivity index (χ0) is 13.1. The molecule has 0 aromatic heterocycles. The van der Waals surface area contributed by atoms with Crippen molar-refractivity contribution in [1.82, 2.24) is 5.32 Å². The van der Waals surface area contributed by atoms with Gasteiger partial charge in [-0.25, -0.2) is 4.79 Å². The molecule has 1 aliphatic heterocycles. The maximum atomic E-state index is 11.6. The minimum atomic E-state index is -0.378. The standard InChI is InChI=1S/C12H11ClN2O2S/c1-7-2-3-8(4-10(7)13)14-12(17)15-9-5-11(16)18-6-9/h2-5H,6H2,1H3,(H2,14,15,17). The highest BCUT2D eigenvalue weighted by atomic mass is 35.5. The number of amides is 2. The number of hydrogen-bond acceptors (Lipinski definition) is 3. The van der Waals surface area contributed by atoms with Crippen molar-refractivity contribution >= 4 is 40.2 Å². The monoisotopic (exact) mass is 282 g/mol. The van der Waals surface area contributed by atoms with Crippen molar-refractivity contribution in [2.24, 2.45) is 0 Å². The van der Waals surface area contributed by atoms with Gasteiger partial charge in [0.1, 0.15) is 0 Å². The van der Waals surface area contributed by atoms with Gasteiger partial charge in [-0.2, -0.15) is 0 Å². The van der Waals surface area contributed by atoms with Crippen LogP contribution >= 0.6 is 23.4 Å². The lowest BCUT2D eigenvalue weighted by Crippen LogP contribution is -2.28. The molecule has 2 amide bonds. The highest BCUT2D eigenvalue weighted by molar-refractivity contribution is 8.14. The summed E-state index contributed by atoms with van der Waals surface area (Å²) in [4.78, 5) is 22.6. The van der Waals surface area contributed by atoms with Crippen molar-refractivity contribution in [1.29, 1.82) is 0 Å². The van der Waals surface area contributed by atoms with Crippen molar-refractivity contribution in [3.63, 3.8) is 0 Å². The number of benzene rings is 1. The van der Waals surface area contributed by atoms with Gasteiger partial charge in [-0.15, -0.1) is 0 Å². The van der Waals surface area contributed by atoms with E-state index in [0.29, 0.717) is 22.2 Å². The summed E-state index contributed by atoms with van der Waals surface area (Å²) in [5.74, 6) is 0.501. The summed E-state index contributed by atoms with van der Waals surface area (Å²) in [7, 11) is 0. The van der Waals surface area contributed by atoms with E-state index in [1.165, 1.54) is 6.08 Å². The third kappa shape index (κ3) is 3.27. The lowest BCUT2D eigenvalue weighted by Gasteiger charge is -2.08. The summed E-state index contributed by atoms with van der Waals surface area (Å²) in [6.07, 6.45) is 1.42. The molecule has 0 unspecified atom stereocenters. The Morgan fingerprint density at radius 3 is 2.78 bits per heavy atom. The number of aryl methyl sites for hydroxylation is 1. The summed E-state index contributed by atoms with van der Waals surface area (Å²) in [6, 6.07) is 4.89. The smallest absolute Gasteiger partial charge is 0.310 e. The minimum Gasteiger partial charge on any atom is -0.310 e. The molecule has 1 heterocycles. The van der Waals surface area contributed by atoms with Gasteiger partial charge in [0, 0.05) is 28.2 Å². The molecule has 0 saturated heterocycles. The molecule has 0 saturated carbocycles. The zero-order valence-electron chi connectivity index (χ0n) is 9.62. The van der Waals surface area contributed by atoms with Crippen LogP contribution in [0.15, 0.2) is 30.0 Å². The molecular formula is C12H11ClN2O2S. The second-order valence-electron chi connectivity index (χ2n) is 3.82. The van der Waals surface area contributed by atoms with Crippen molar-refractivity contribution in [3.8, 4) is 0 Å². The lowest BCUT2D eigenvalue weighted by molar-refractivity contribution is -0.106. The first-order valence-electron chi connectivity index (χ1n) is 5.26. The second-order valence-corrected chi connectivity index (χ2v) is 5.21. The molecular weight excluding hydrogens is 272 g/mol. The number of carbonyl (C=O) groups is 2. The van der Waals surface area contributed by atoms with Crippen LogP contribution in [0.3, 0.4) is 0 Å². The lowest BCUT2D eigenvalue weighted by atomic mass is 10.2. The summed E-state index contributed by atoms with van der Waals surface area (Å²) in [5.41, 5.74) is 2.17. The van der Waals surface area contributed by atoms with Gasteiger partial charge < -0.3 is 10.6 Å². The maximum absolute atomic E-state index is 11.6. The van der Waals surface area contributed by atoms with Gasteiger partial charge in [0.25, 0.3) is 0 Å². The molecule has 2 rings (SSSR count). The molecule has 0 radical (unpaired) electrons. The highest BCUT2D eigenvalue weighted by Crippen LogP contribution is 2.20. The number of thioether (sulfide) groups is 1. The molecule has 94 valence electrons. The molecule has 18 heavy (non-hydrogen) atoms. The first-order chi connectivity index (χ1) is 8.54. The fraction of sp³-hybridized carbons (Fsp3) is 0.167. The van der Waals surface area contributed by atoms with E-state index in [4.69, 9.17) is 11.6 Å². The second kappa shape index (κ2) is 5.46. The molecule has 1 aromatic carbocycles. The summed E-state index contributed by atoms with van der Waals surface area (Å²) >= 11 is 7.12. The summed E-state index contributed by atoms with van der Waals surface area (Å²) < 4.78 is 0. The SMILES string of the molecule is Cc1ccc(NC(=O)NC2=CC(=O)SC2)cc1Cl. The Morgan fingerprint density at radius 1 is 1.39 bits per heavy atom. The molecule has 0 bridgehead atoms. The van der Waals surface area contributed by atoms with E-state index in [0.717, 1.165) is 17.3 Å². The van der Waals surface area contributed by atoms with Crippen LogP contribution in [-0.2, 0) is 4.79 Å². The van der Waals surface area contributed by atoms with E-state index in [1.807, 2.05) is 13.0 Å². The predicted octanol–water partition coefficient (Wildman–Crippen LogP) is 2.93. The van der Waals surface area contributed by atoms with Gasteiger partial charge in [-0.1, -0.05) is 29.4 Å². The summed E-state index contributed by atoms with van der Waals surface area (Å²) in [5, 5.41) is 5.83. The van der Waals surface area contributed by atoms with Crippen LogP contribution in [-0.4, -0.2) is 16.9 Å². The Labute approximate surface area is 114 Å². The van der Waals surface area contributed by atoms with Crippen molar-refractivity contribution in [3.05, 3.63) is 40.6 Å². The number of hydrogen-bond donors (Lipinski definition) is 2. The molecule has 0 aliphatic carbocycles. The van der Waals surface area contributed by atoms with Crippen LogP contribution in [0.2, 0.25) is 5.02 Å². The van der Waals surface area contributed by atoms with E-state index in [9.17, 15) is 9.59 Å². The van der Waals surface area contributed by atoms with E-state index < -0.39 is 0 Å². The fourth-order valence-electron chi connectivity index (χ4n) is 1.43. The van der Waals surface area contributed by atoms with Gasteiger partial charge in [0.15, 0.2) is 0 Å². The minimum absolute atomic E-state index is 0.0383. The predicted molar refractivity (Wildman–Crippen MR) is 73.9 cm³/mol. The van der Waals surface area contributed by atoms with Gasteiger partial charge >= 0.3 is 6.03 Å². The Kier molecular flexibility index (Phi) is 3.93. The Morgan fingerprint density at radius 2 is 2.17 bits per heavy atom. The molecule has 0 fully saturated rings. The number of anilines is 1. The van der Waals surface area contributed by atoms with Crippen molar-refractivity contribution < 1.29 is 9.59 Å². The molecule has 1 aliphatic rings. The summed E-state index contributed by atoms with van der Waals surface area (Å²) in [6.45, 7) is 1.89. The van der Waals surface area contributed by atoms with E-state index in [-0.39, 0.29) is 11.1 Å². The van der Waals surface area contributed by atoms with Crippen LogP contribution in [0.25, 0.3) is 0 Å². The fourth-order valence-corrected chi connectivity index (χ4v) is 2.28.